The van der Waals surface area contributed by atoms with Crippen molar-refractivity contribution in [1.82, 2.24) is 10.2 Å². The van der Waals surface area contributed by atoms with Crippen LogP contribution in [-0.4, -0.2) is 44.3 Å². The number of sulfonamides is 1. The van der Waals surface area contributed by atoms with Crippen LogP contribution >= 0.6 is 27.5 Å². The molecule has 0 bridgehead atoms. The van der Waals surface area contributed by atoms with Crippen LogP contribution in [0.4, 0.5) is 5.69 Å². The van der Waals surface area contributed by atoms with Gasteiger partial charge in [-0.3, -0.25) is 13.9 Å². The molecule has 0 aliphatic heterocycles. The van der Waals surface area contributed by atoms with Crippen molar-refractivity contribution in [3.05, 3.63) is 129 Å². The number of nitrogens with one attached hydrogen (secondary N) is 1. The van der Waals surface area contributed by atoms with Gasteiger partial charge in [-0.1, -0.05) is 102 Å². The Morgan fingerprint density at radius 1 is 0.889 bits per heavy atom. The summed E-state index contributed by atoms with van der Waals surface area (Å²) in [5.74, 6) is -0.809. The van der Waals surface area contributed by atoms with Crippen LogP contribution in [0.1, 0.15) is 36.5 Å². The molecular formula is C35H37BrClN3O4S. The molecule has 0 saturated carbocycles. The summed E-state index contributed by atoms with van der Waals surface area (Å²) in [7, 11) is -4.18. The van der Waals surface area contributed by atoms with E-state index in [4.69, 9.17) is 11.6 Å². The molecule has 4 aromatic carbocycles. The van der Waals surface area contributed by atoms with Gasteiger partial charge in [0.05, 0.1) is 10.6 Å². The highest BCUT2D eigenvalue weighted by atomic mass is 79.9. The molecule has 0 aliphatic rings. The van der Waals surface area contributed by atoms with Crippen molar-refractivity contribution in [2.24, 2.45) is 0 Å². The number of anilines is 1. The van der Waals surface area contributed by atoms with Gasteiger partial charge in [0, 0.05) is 29.0 Å². The Labute approximate surface area is 279 Å². The molecule has 2 amide bonds. The summed E-state index contributed by atoms with van der Waals surface area (Å²) in [6.45, 7) is 3.84. The average Bonchev–Trinajstić information content (AvgIpc) is 3.03. The first-order valence-corrected chi connectivity index (χ1v) is 17.4. The fourth-order valence-corrected chi connectivity index (χ4v) is 6.97. The van der Waals surface area contributed by atoms with E-state index in [0.717, 1.165) is 32.7 Å². The fraction of sp³-hybridized carbons (Fsp3) is 0.257. The maximum absolute atomic E-state index is 14.5. The third kappa shape index (κ3) is 9.19. The van der Waals surface area contributed by atoms with Gasteiger partial charge in [-0.25, -0.2) is 8.42 Å². The molecule has 0 fully saturated rings. The standard InChI is InChI=1S/C35H37BrClN3O4S/c1-3-4-21-38-35(42)33(23-27-11-7-5-8-12-27)39(24-28-15-17-29(36)18-16-28)34(41)25-40(32-20-19-30(37)22-26(32)2)45(43,44)31-13-9-6-10-14-31/h5-20,22,33H,3-4,21,23-25H2,1-2H3,(H,38,42). The summed E-state index contributed by atoms with van der Waals surface area (Å²) < 4.78 is 30.2. The molecule has 0 aromatic heterocycles. The summed E-state index contributed by atoms with van der Waals surface area (Å²) in [5, 5.41) is 3.45. The summed E-state index contributed by atoms with van der Waals surface area (Å²) in [6.07, 6.45) is 1.95. The van der Waals surface area contributed by atoms with Crippen molar-refractivity contribution in [2.45, 2.75) is 50.6 Å². The van der Waals surface area contributed by atoms with E-state index in [1.807, 2.05) is 61.5 Å². The van der Waals surface area contributed by atoms with E-state index in [9.17, 15) is 18.0 Å². The second kappa shape index (κ2) is 16.1. The molecule has 10 heteroatoms. The predicted octanol–water partition coefficient (Wildman–Crippen LogP) is 7.16. The van der Waals surface area contributed by atoms with Crippen LogP contribution in [0.2, 0.25) is 5.02 Å². The molecule has 0 heterocycles. The molecule has 0 spiro atoms. The number of benzene rings is 4. The quantitative estimate of drug-likeness (QED) is 0.141. The van der Waals surface area contributed by atoms with E-state index >= 15 is 0 Å². The van der Waals surface area contributed by atoms with Crippen LogP contribution < -0.4 is 9.62 Å². The number of hydrogen-bond donors (Lipinski definition) is 1. The second-order valence-electron chi connectivity index (χ2n) is 10.8. The average molecular weight is 711 g/mol. The first kappa shape index (κ1) is 34.2. The van der Waals surface area contributed by atoms with Gasteiger partial charge in [0.1, 0.15) is 12.6 Å². The van der Waals surface area contributed by atoms with Gasteiger partial charge >= 0.3 is 0 Å². The minimum atomic E-state index is -4.18. The number of carbonyl (C=O) groups excluding carboxylic acids is 2. The van der Waals surface area contributed by atoms with Gasteiger partial charge < -0.3 is 10.2 Å². The molecule has 4 rings (SSSR count). The van der Waals surface area contributed by atoms with Crippen LogP contribution in [0.15, 0.2) is 112 Å². The topological polar surface area (TPSA) is 86.8 Å². The number of amides is 2. The zero-order chi connectivity index (χ0) is 32.4. The van der Waals surface area contributed by atoms with Crippen molar-refractivity contribution in [2.75, 3.05) is 17.4 Å². The first-order chi connectivity index (χ1) is 21.6. The minimum absolute atomic E-state index is 0.0461. The zero-order valence-electron chi connectivity index (χ0n) is 25.3. The summed E-state index contributed by atoms with van der Waals surface area (Å²) >= 11 is 9.68. The number of rotatable bonds is 14. The summed E-state index contributed by atoms with van der Waals surface area (Å²) in [4.78, 5) is 29.9. The van der Waals surface area contributed by atoms with Gasteiger partial charge in [0.15, 0.2) is 0 Å². The molecule has 4 aromatic rings. The van der Waals surface area contributed by atoms with Crippen molar-refractivity contribution in [3.8, 4) is 0 Å². The Balaban J connectivity index is 1.80. The molecule has 0 radical (unpaired) electrons. The van der Waals surface area contributed by atoms with Crippen molar-refractivity contribution < 1.29 is 18.0 Å². The maximum atomic E-state index is 14.5. The molecule has 7 nitrogen and oxygen atoms in total. The van der Waals surface area contributed by atoms with Gasteiger partial charge in [-0.05, 0) is 72.5 Å². The number of aryl methyl sites for hydroxylation is 1. The number of carbonyl (C=O) groups is 2. The first-order valence-electron chi connectivity index (χ1n) is 14.8. The zero-order valence-corrected chi connectivity index (χ0v) is 28.5. The molecule has 0 saturated heterocycles. The Morgan fingerprint density at radius 3 is 2.16 bits per heavy atom. The Bertz CT molecular complexity index is 1690. The molecule has 1 atom stereocenters. The fourth-order valence-electron chi connectivity index (χ4n) is 4.98. The number of hydrogen-bond acceptors (Lipinski definition) is 4. The normalized spacial score (nSPS) is 11.9. The van der Waals surface area contributed by atoms with E-state index in [-0.39, 0.29) is 23.8 Å². The molecule has 1 unspecified atom stereocenters. The Hall–Kier alpha value is -3.66. The molecule has 236 valence electrons. The minimum Gasteiger partial charge on any atom is -0.354 e. The number of nitrogens with zero attached hydrogens (tertiary/aromatic N) is 2. The van der Waals surface area contributed by atoms with Gasteiger partial charge in [0.25, 0.3) is 10.0 Å². The second-order valence-corrected chi connectivity index (χ2v) is 14.0. The highest BCUT2D eigenvalue weighted by Gasteiger charge is 2.35. The van der Waals surface area contributed by atoms with Crippen molar-refractivity contribution in [1.29, 1.82) is 0 Å². The Morgan fingerprint density at radius 2 is 1.53 bits per heavy atom. The van der Waals surface area contributed by atoms with E-state index in [2.05, 4.69) is 21.2 Å². The number of unbranched alkanes of at least 4 members (excludes halogenated alkanes) is 1. The smallest absolute Gasteiger partial charge is 0.264 e. The number of halogens is 2. The van der Waals surface area contributed by atoms with Crippen LogP contribution in [-0.2, 0) is 32.6 Å². The van der Waals surface area contributed by atoms with Crippen LogP contribution in [0.25, 0.3) is 0 Å². The van der Waals surface area contributed by atoms with E-state index in [1.54, 1.807) is 43.3 Å². The monoisotopic (exact) mass is 709 g/mol. The molecule has 1 N–H and O–H groups in total. The van der Waals surface area contributed by atoms with Gasteiger partial charge in [0.2, 0.25) is 11.8 Å². The third-order valence-electron chi connectivity index (χ3n) is 7.40. The largest absolute Gasteiger partial charge is 0.354 e. The highest BCUT2D eigenvalue weighted by molar-refractivity contribution is 9.10. The van der Waals surface area contributed by atoms with Crippen molar-refractivity contribution >= 4 is 55.1 Å². The predicted molar refractivity (Wildman–Crippen MR) is 184 cm³/mol. The maximum Gasteiger partial charge on any atom is 0.264 e. The van der Waals surface area contributed by atoms with E-state index in [0.29, 0.717) is 22.8 Å². The Kier molecular flexibility index (Phi) is 12.2. The lowest BCUT2D eigenvalue weighted by molar-refractivity contribution is -0.140. The van der Waals surface area contributed by atoms with Crippen molar-refractivity contribution in [3.63, 3.8) is 0 Å². The lowest BCUT2D eigenvalue weighted by atomic mass is 10.0. The summed E-state index contributed by atoms with van der Waals surface area (Å²) in [5.41, 5.74) is 2.59. The SMILES string of the molecule is CCCCNC(=O)C(Cc1ccccc1)N(Cc1ccc(Br)cc1)C(=O)CN(c1ccc(Cl)cc1C)S(=O)(=O)c1ccccc1. The van der Waals surface area contributed by atoms with Crippen LogP contribution in [0, 0.1) is 6.92 Å². The summed E-state index contributed by atoms with van der Waals surface area (Å²) in [6, 6.07) is 29.0. The van der Waals surface area contributed by atoms with Gasteiger partial charge in [-0.2, -0.15) is 0 Å². The molecule has 45 heavy (non-hydrogen) atoms. The van der Waals surface area contributed by atoms with E-state index < -0.39 is 28.5 Å². The van der Waals surface area contributed by atoms with E-state index in [1.165, 1.54) is 17.0 Å². The lowest BCUT2D eigenvalue weighted by Gasteiger charge is -2.34. The highest BCUT2D eigenvalue weighted by Crippen LogP contribution is 2.29. The third-order valence-corrected chi connectivity index (χ3v) is 9.94. The van der Waals surface area contributed by atoms with Crippen LogP contribution in [0.5, 0.6) is 0 Å². The van der Waals surface area contributed by atoms with Crippen LogP contribution in [0.3, 0.4) is 0 Å². The lowest BCUT2D eigenvalue weighted by Crippen LogP contribution is -2.53. The molecule has 0 aliphatic carbocycles. The molecular weight excluding hydrogens is 674 g/mol. The van der Waals surface area contributed by atoms with Gasteiger partial charge in [-0.15, -0.1) is 0 Å².